The molecule has 7 heteroatoms. The highest BCUT2D eigenvalue weighted by Gasteiger charge is 2.31. The summed E-state index contributed by atoms with van der Waals surface area (Å²) in [6.07, 6.45) is -3.38. The van der Waals surface area contributed by atoms with E-state index in [2.05, 4.69) is 5.32 Å². The minimum absolute atomic E-state index is 0. The van der Waals surface area contributed by atoms with E-state index in [0.717, 1.165) is 17.7 Å². The Hall–Kier alpha value is -2.02. The molecule has 2 aromatic carbocycles. The lowest BCUT2D eigenvalue weighted by Gasteiger charge is -2.26. The molecule has 1 aromatic heterocycles. The number of nitrogens with one attached hydrogen (secondary N) is 1. The SMILES string of the molecule is CNC[C@@H](O)[C@H](c1ccccc1)n1ccc2cc(C(F)(F)F)ccc21.Cl. The van der Waals surface area contributed by atoms with E-state index in [-0.39, 0.29) is 12.4 Å². The molecule has 0 amide bonds. The van der Waals surface area contributed by atoms with Crippen LogP contribution in [0.1, 0.15) is 17.2 Å². The molecule has 0 unspecified atom stereocenters. The van der Waals surface area contributed by atoms with Crippen molar-refractivity contribution in [2.45, 2.75) is 18.3 Å². The van der Waals surface area contributed by atoms with E-state index in [1.807, 2.05) is 34.9 Å². The van der Waals surface area contributed by atoms with Crippen molar-refractivity contribution in [2.75, 3.05) is 13.6 Å². The van der Waals surface area contributed by atoms with Crippen LogP contribution >= 0.6 is 12.4 Å². The van der Waals surface area contributed by atoms with Crippen LogP contribution in [0.4, 0.5) is 13.2 Å². The van der Waals surface area contributed by atoms with Gasteiger partial charge >= 0.3 is 6.18 Å². The van der Waals surface area contributed by atoms with E-state index in [0.29, 0.717) is 17.4 Å². The molecule has 3 nitrogen and oxygen atoms in total. The second-order valence-electron chi connectivity index (χ2n) is 5.97. The molecule has 0 spiro atoms. The molecule has 3 aromatic rings. The maximum Gasteiger partial charge on any atom is 0.416 e. The first-order chi connectivity index (χ1) is 11.9. The summed E-state index contributed by atoms with van der Waals surface area (Å²) in [5, 5.41) is 14.1. The third-order valence-corrected chi connectivity index (χ3v) is 4.27. The highest BCUT2D eigenvalue weighted by molar-refractivity contribution is 5.85. The highest BCUT2D eigenvalue weighted by atomic mass is 35.5. The van der Waals surface area contributed by atoms with Gasteiger partial charge in [-0.3, -0.25) is 0 Å². The monoisotopic (exact) mass is 384 g/mol. The molecule has 140 valence electrons. The van der Waals surface area contributed by atoms with Crippen LogP contribution < -0.4 is 5.32 Å². The lowest BCUT2D eigenvalue weighted by molar-refractivity contribution is -0.137. The first kappa shape index (κ1) is 20.3. The van der Waals surface area contributed by atoms with Gasteiger partial charge in [0.15, 0.2) is 0 Å². The van der Waals surface area contributed by atoms with Gasteiger partial charge in [-0.1, -0.05) is 30.3 Å². The predicted octanol–water partition coefficient (Wildman–Crippen LogP) is 4.25. The van der Waals surface area contributed by atoms with E-state index in [9.17, 15) is 18.3 Å². The molecule has 1 heterocycles. The lowest BCUT2D eigenvalue weighted by Crippen LogP contribution is -2.33. The minimum atomic E-state index is -4.37. The zero-order chi connectivity index (χ0) is 18.0. The second kappa shape index (κ2) is 8.12. The van der Waals surface area contributed by atoms with Gasteiger partial charge in [0.1, 0.15) is 0 Å². The van der Waals surface area contributed by atoms with Gasteiger partial charge in [0.25, 0.3) is 0 Å². The Bertz CT molecular complexity index is 849. The molecule has 0 saturated carbocycles. The van der Waals surface area contributed by atoms with Crippen LogP contribution in [0, 0.1) is 0 Å². The number of halogens is 4. The number of benzene rings is 2. The molecule has 0 fully saturated rings. The Morgan fingerprint density at radius 3 is 2.38 bits per heavy atom. The first-order valence-corrected chi connectivity index (χ1v) is 7.97. The Morgan fingerprint density at radius 2 is 1.77 bits per heavy atom. The van der Waals surface area contributed by atoms with Gasteiger partial charge in [-0.2, -0.15) is 13.2 Å². The van der Waals surface area contributed by atoms with Crippen molar-refractivity contribution >= 4 is 23.3 Å². The molecule has 0 bridgehead atoms. The van der Waals surface area contributed by atoms with Crippen molar-refractivity contribution in [3.63, 3.8) is 0 Å². The molecule has 0 aliphatic heterocycles. The lowest BCUT2D eigenvalue weighted by atomic mass is 10.0. The smallest absolute Gasteiger partial charge is 0.389 e. The molecule has 2 atom stereocenters. The molecule has 0 aliphatic rings. The quantitative estimate of drug-likeness (QED) is 0.690. The summed E-state index contributed by atoms with van der Waals surface area (Å²) >= 11 is 0. The standard InChI is InChI=1S/C19H19F3N2O.ClH/c1-23-12-17(25)18(13-5-3-2-4-6-13)24-10-9-14-11-15(19(20,21)22)7-8-16(14)24;/h2-11,17-18,23,25H,12H2,1H3;1H/t17-,18+;/m1./s1. The van der Waals surface area contributed by atoms with Crippen LogP contribution in [-0.2, 0) is 6.18 Å². The van der Waals surface area contributed by atoms with Gasteiger partial charge in [0.05, 0.1) is 17.7 Å². The summed E-state index contributed by atoms with van der Waals surface area (Å²) in [6.45, 7) is 0.361. The van der Waals surface area contributed by atoms with Crippen LogP contribution in [0.2, 0.25) is 0 Å². The maximum absolute atomic E-state index is 12.9. The zero-order valence-corrected chi connectivity index (χ0v) is 14.9. The number of fused-ring (bicyclic) bond motifs is 1. The summed E-state index contributed by atoms with van der Waals surface area (Å²) in [6, 6.07) is 14.4. The molecule has 0 radical (unpaired) electrons. The van der Waals surface area contributed by atoms with Crippen molar-refractivity contribution in [3.05, 3.63) is 71.9 Å². The van der Waals surface area contributed by atoms with E-state index in [4.69, 9.17) is 0 Å². The molecule has 0 saturated heterocycles. The van der Waals surface area contributed by atoms with Gasteiger partial charge < -0.3 is 15.0 Å². The molecule has 2 N–H and O–H groups in total. The number of nitrogens with zero attached hydrogens (tertiary/aromatic N) is 1. The fourth-order valence-electron chi connectivity index (χ4n) is 3.12. The van der Waals surface area contributed by atoms with Gasteiger partial charge in [-0.25, -0.2) is 0 Å². The number of aromatic nitrogens is 1. The Morgan fingerprint density at radius 1 is 1.08 bits per heavy atom. The number of aliphatic hydroxyl groups is 1. The number of aliphatic hydroxyl groups excluding tert-OH is 1. The highest BCUT2D eigenvalue weighted by Crippen LogP contribution is 2.33. The normalized spacial score (nSPS) is 14.0. The van der Waals surface area contributed by atoms with E-state index < -0.39 is 23.9 Å². The summed E-state index contributed by atoms with van der Waals surface area (Å²) in [7, 11) is 1.74. The summed E-state index contributed by atoms with van der Waals surface area (Å²) in [5.41, 5.74) is 0.865. The van der Waals surface area contributed by atoms with Crippen LogP contribution in [-0.4, -0.2) is 29.4 Å². The van der Waals surface area contributed by atoms with Crippen molar-refractivity contribution in [2.24, 2.45) is 0 Å². The Balaban J connectivity index is 0.00000243. The fourth-order valence-corrected chi connectivity index (χ4v) is 3.12. The number of hydrogen-bond donors (Lipinski definition) is 2. The van der Waals surface area contributed by atoms with Gasteiger partial charge in [0, 0.05) is 23.6 Å². The number of hydrogen-bond acceptors (Lipinski definition) is 2. The average Bonchev–Trinajstić information content (AvgIpc) is 2.99. The Labute approximate surface area is 155 Å². The van der Waals surface area contributed by atoms with Crippen molar-refractivity contribution in [1.82, 2.24) is 9.88 Å². The van der Waals surface area contributed by atoms with E-state index in [1.54, 1.807) is 19.3 Å². The van der Waals surface area contributed by atoms with Gasteiger partial charge in [0.2, 0.25) is 0 Å². The van der Waals surface area contributed by atoms with Crippen LogP contribution in [0.25, 0.3) is 10.9 Å². The minimum Gasteiger partial charge on any atom is -0.389 e. The second-order valence-corrected chi connectivity index (χ2v) is 5.97. The maximum atomic E-state index is 12.9. The summed E-state index contributed by atoms with van der Waals surface area (Å²) in [4.78, 5) is 0. The third-order valence-electron chi connectivity index (χ3n) is 4.27. The van der Waals surface area contributed by atoms with E-state index >= 15 is 0 Å². The van der Waals surface area contributed by atoms with E-state index in [1.165, 1.54) is 6.07 Å². The third kappa shape index (κ3) is 4.03. The molecule has 0 aliphatic carbocycles. The molecule has 26 heavy (non-hydrogen) atoms. The van der Waals surface area contributed by atoms with Crippen LogP contribution in [0.5, 0.6) is 0 Å². The fraction of sp³-hybridized carbons (Fsp3) is 0.263. The zero-order valence-electron chi connectivity index (χ0n) is 14.1. The summed E-state index contributed by atoms with van der Waals surface area (Å²) < 4.78 is 40.6. The van der Waals surface area contributed by atoms with Crippen LogP contribution in [0.3, 0.4) is 0 Å². The topological polar surface area (TPSA) is 37.2 Å². The van der Waals surface area contributed by atoms with Crippen LogP contribution in [0.15, 0.2) is 60.8 Å². The number of likely N-dealkylation sites (N-methyl/N-ethyl adjacent to an activating group) is 1. The summed E-state index contributed by atoms with van der Waals surface area (Å²) in [5.74, 6) is 0. The largest absolute Gasteiger partial charge is 0.416 e. The Kier molecular flexibility index (Phi) is 6.34. The molecular formula is C19H20ClF3N2O. The van der Waals surface area contributed by atoms with Crippen molar-refractivity contribution in [3.8, 4) is 0 Å². The predicted molar refractivity (Wildman–Crippen MR) is 98.7 cm³/mol. The van der Waals surface area contributed by atoms with Gasteiger partial charge in [-0.05, 0) is 36.9 Å². The van der Waals surface area contributed by atoms with Crippen molar-refractivity contribution in [1.29, 1.82) is 0 Å². The average molecular weight is 385 g/mol. The molecular weight excluding hydrogens is 365 g/mol. The number of alkyl halides is 3. The molecule has 3 rings (SSSR count). The van der Waals surface area contributed by atoms with Crippen molar-refractivity contribution < 1.29 is 18.3 Å². The number of rotatable bonds is 5. The first-order valence-electron chi connectivity index (χ1n) is 7.97. The van der Waals surface area contributed by atoms with Gasteiger partial charge in [-0.15, -0.1) is 12.4 Å².